The van der Waals surface area contributed by atoms with Gasteiger partial charge in [-0.2, -0.15) is 0 Å². The number of unbranched alkanes of at least 4 members (excludes halogenated alkanes) is 1. The van der Waals surface area contributed by atoms with Crippen LogP contribution in [-0.2, 0) is 14.4 Å². The van der Waals surface area contributed by atoms with Gasteiger partial charge >= 0.3 is 5.97 Å². The van der Waals surface area contributed by atoms with E-state index >= 15 is 0 Å². The number of hydrogen-bond donors (Lipinski definition) is 1. The largest absolute Gasteiger partial charge is 0.464 e. The van der Waals surface area contributed by atoms with E-state index in [0.717, 1.165) is 12.8 Å². The molecule has 0 heterocycles. The minimum absolute atomic E-state index is 0.314. The molecule has 2 atom stereocenters. The quantitative estimate of drug-likeness (QED) is 0.491. The number of carbonyl (C=O) groups is 1. The van der Waals surface area contributed by atoms with Crippen molar-refractivity contribution in [3.63, 3.8) is 0 Å². The van der Waals surface area contributed by atoms with Crippen molar-refractivity contribution >= 4 is 17.6 Å². The second-order valence-corrected chi connectivity index (χ2v) is 5.15. The number of aliphatic hydroxyl groups excluding tert-OH is 1. The van der Waals surface area contributed by atoms with Gasteiger partial charge in [0.25, 0.3) is 0 Å². The van der Waals surface area contributed by atoms with Crippen molar-refractivity contribution in [3.8, 4) is 0 Å². The van der Waals surface area contributed by atoms with Crippen LogP contribution in [0, 0.1) is 0 Å². The average molecular weight is 271 g/mol. The maximum atomic E-state index is 11.7. The number of aliphatic hydroxyl groups is 1. The van der Waals surface area contributed by atoms with E-state index in [-0.39, 0.29) is 0 Å². The predicted molar refractivity (Wildman–Crippen MR) is 71.5 cm³/mol. The van der Waals surface area contributed by atoms with Crippen molar-refractivity contribution in [2.45, 2.75) is 37.7 Å². The molecule has 0 bridgehead atoms. The van der Waals surface area contributed by atoms with Crippen LogP contribution < -0.4 is 0 Å². The Labute approximate surface area is 113 Å². The highest BCUT2D eigenvalue weighted by molar-refractivity contribution is 6.25. The molecule has 1 aromatic rings. The van der Waals surface area contributed by atoms with Gasteiger partial charge in [-0.3, -0.25) is 0 Å². The van der Waals surface area contributed by atoms with E-state index in [0.29, 0.717) is 12.2 Å². The fraction of sp³-hybridized carbons (Fsp3) is 0.500. The summed E-state index contributed by atoms with van der Waals surface area (Å²) in [5.74, 6) is -0.676. The number of rotatable bonds is 6. The van der Waals surface area contributed by atoms with Crippen molar-refractivity contribution in [1.29, 1.82) is 0 Å². The molecule has 1 rings (SSSR count). The van der Waals surface area contributed by atoms with E-state index < -0.39 is 16.9 Å². The molecule has 1 aromatic carbocycles. The minimum atomic E-state index is -1.38. The van der Waals surface area contributed by atoms with Crippen LogP contribution in [0.25, 0.3) is 0 Å². The molecular formula is C14H19ClO3. The Morgan fingerprint density at radius 2 is 2.06 bits per heavy atom. The summed E-state index contributed by atoms with van der Waals surface area (Å²) < 4.78 is 4.98. The number of benzene rings is 1. The maximum absolute atomic E-state index is 11.7. The number of ether oxygens (including phenoxy) is 1. The molecule has 0 aliphatic heterocycles. The molecular weight excluding hydrogens is 252 g/mol. The van der Waals surface area contributed by atoms with Crippen molar-refractivity contribution in [1.82, 2.24) is 0 Å². The van der Waals surface area contributed by atoms with E-state index in [9.17, 15) is 9.90 Å². The molecule has 100 valence electrons. The SMILES string of the molecule is CCCCOC(=O)C(O)C(C)(Cl)c1ccccc1. The molecule has 0 amide bonds. The van der Waals surface area contributed by atoms with Gasteiger partial charge in [0.15, 0.2) is 6.10 Å². The zero-order chi connectivity index (χ0) is 13.6. The van der Waals surface area contributed by atoms with E-state index in [1.165, 1.54) is 0 Å². The number of esters is 1. The van der Waals surface area contributed by atoms with E-state index in [2.05, 4.69) is 0 Å². The molecule has 18 heavy (non-hydrogen) atoms. The molecule has 1 N–H and O–H groups in total. The lowest BCUT2D eigenvalue weighted by Gasteiger charge is -2.27. The lowest BCUT2D eigenvalue weighted by molar-refractivity contribution is -0.155. The number of hydrogen-bond acceptors (Lipinski definition) is 3. The fourth-order valence-corrected chi connectivity index (χ4v) is 1.75. The smallest absolute Gasteiger partial charge is 0.337 e. The van der Waals surface area contributed by atoms with E-state index in [1.54, 1.807) is 19.1 Å². The van der Waals surface area contributed by atoms with Crippen molar-refractivity contribution in [2.24, 2.45) is 0 Å². The Bertz CT molecular complexity index is 376. The minimum Gasteiger partial charge on any atom is -0.464 e. The summed E-state index contributed by atoms with van der Waals surface area (Å²) in [7, 11) is 0. The van der Waals surface area contributed by atoms with Crippen molar-refractivity contribution in [2.75, 3.05) is 6.61 Å². The summed E-state index contributed by atoms with van der Waals surface area (Å²) in [6.07, 6.45) is 0.335. The first kappa shape index (κ1) is 15.0. The normalized spacial score (nSPS) is 15.8. The summed E-state index contributed by atoms with van der Waals surface area (Å²) in [4.78, 5) is 10.5. The van der Waals surface area contributed by atoms with E-state index in [1.807, 2.05) is 25.1 Å². The van der Waals surface area contributed by atoms with Gasteiger partial charge < -0.3 is 9.84 Å². The fourth-order valence-electron chi connectivity index (χ4n) is 1.54. The highest BCUT2D eigenvalue weighted by Gasteiger charge is 2.38. The third-order valence-electron chi connectivity index (χ3n) is 2.82. The monoisotopic (exact) mass is 270 g/mol. The molecule has 2 unspecified atom stereocenters. The van der Waals surface area contributed by atoms with Crippen LogP contribution in [0.1, 0.15) is 32.3 Å². The Kier molecular flexibility index (Phi) is 5.63. The molecule has 4 heteroatoms. The van der Waals surface area contributed by atoms with Crippen LogP contribution in [0.4, 0.5) is 0 Å². The Balaban J connectivity index is 2.70. The Morgan fingerprint density at radius 3 is 2.61 bits per heavy atom. The highest BCUT2D eigenvalue weighted by atomic mass is 35.5. The van der Waals surface area contributed by atoms with Crippen LogP contribution in [0.15, 0.2) is 30.3 Å². The van der Waals surface area contributed by atoms with Gasteiger partial charge in [0.2, 0.25) is 0 Å². The molecule has 3 nitrogen and oxygen atoms in total. The van der Waals surface area contributed by atoms with Gasteiger partial charge in [-0.05, 0) is 18.9 Å². The molecule has 0 aliphatic rings. The second kappa shape index (κ2) is 6.76. The molecule has 0 fully saturated rings. The first-order chi connectivity index (χ1) is 8.50. The third-order valence-corrected chi connectivity index (χ3v) is 3.24. The zero-order valence-corrected chi connectivity index (χ0v) is 11.5. The van der Waals surface area contributed by atoms with Gasteiger partial charge in [-0.1, -0.05) is 43.7 Å². The lowest BCUT2D eigenvalue weighted by atomic mass is 9.94. The topological polar surface area (TPSA) is 46.5 Å². The van der Waals surface area contributed by atoms with Gasteiger partial charge in [0.1, 0.15) is 4.87 Å². The highest BCUT2D eigenvalue weighted by Crippen LogP contribution is 2.32. The van der Waals surface area contributed by atoms with Gasteiger partial charge in [0.05, 0.1) is 6.61 Å². The van der Waals surface area contributed by atoms with Gasteiger partial charge in [0, 0.05) is 0 Å². The third kappa shape index (κ3) is 3.72. The first-order valence-corrected chi connectivity index (χ1v) is 6.47. The maximum Gasteiger partial charge on any atom is 0.337 e. The first-order valence-electron chi connectivity index (χ1n) is 6.09. The van der Waals surface area contributed by atoms with Crippen LogP contribution in [0.3, 0.4) is 0 Å². The zero-order valence-electron chi connectivity index (χ0n) is 10.7. The second-order valence-electron chi connectivity index (χ2n) is 4.37. The Morgan fingerprint density at radius 1 is 1.44 bits per heavy atom. The Hall–Kier alpha value is -1.06. The van der Waals surface area contributed by atoms with Crippen LogP contribution >= 0.6 is 11.6 Å². The number of halogens is 1. The molecule has 0 spiro atoms. The molecule has 0 aromatic heterocycles. The summed E-state index contributed by atoms with van der Waals surface area (Å²) in [5.41, 5.74) is 0.687. The molecule has 0 saturated heterocycles. The van der Waals surface area contributed by atoms with Crippen molar-refractivity contribution in [3.05, 3.63) is 35.9 Å². The van der Waals surface area contributed by atoms with Gasteiger partial charge in [-0.15, -0.1) is 11.6 Å². The molecule has 0 radical (unpaired) electrons. The molecule has 0 aliphatic carbocycles. The molecule has 0 saturated carbocycles. The average Bonchev–Trinajstić information content (AvgIpc) is 2.39. The lowest BCUT2D eigenvalue weighted by Crippen LogP contribution is -2.39. The predicted octanol–water partition coefficient (Wildman–Crippen LogP) is 2.84. The van der Waals surface area contributed by atoms with Crippen LogP contribution in [0.2, 0.25) is 0 Å². The summed E-state index contributed by atoms with van der Waals surface area (Å²) >= 11 is 6.27. The summed E-state index contributed by atoms with van der Waals surface area (Å²) in [6.45, 7) is 3.92. The standard InChI is InChI=1S/C14H19ClO3/c1-3-4-10-18-13(17)12(16)14(2,15)11-8-6-5-7-9-11/h5-9,12,16H,3-4,10H2,1-2H3. The van der Waals surface area contributed by atoms with E-state index in [4.69, 9.17) is 16.3 Å². The number of carbonyl (C=O) groups excluding carboxylic acids is 1. The van der Waals surface area contributed by atoms with Crippen LogP contribution in [0.5, 0.6) is 0 Å². The number of alkyl halides is 1. The van der Waals surface area contributed by atoms with Crippen molar-refractivity contribution < 1.29 is 14.6 Å². The van der Waals surface area contributed by atoms with Crippen LogP contribution in [-0.4, -0.2) is 23.8 Å². The summed E-state index contributed by atoms with van der Waals surface area (Å²) in [5, 5.41) is 9.99. The summed E-state index contributed by atoms with van der Waals surface area (Å²) in [6, 6.07) is 9.02. The van der Waals surface area contributed by atoms with Gasteiger partial charge in [-0.25, -0.2) is 4.79 Å².